The summed E-state index contributed by atoms with van der Waals surface area (Å²) in [7, 11) is 0. The zero-order valence-corrected chi connectivity index (χ0v) is 11.5. The van der Waals surface area contributed by atoms with Gasteiger partial charge in [0, 0.05) is 6.54 Å². The number of amides is 2. The Hall–Kier alpha value is -1.49. The Morgan fingerprint density at radius 1 is 1.50 bits per heavy atom. The second kappa shape index (κ2) is 6.44. The van der Waals surface area contributed by atoms with Crippen molar-refractivity contribution in [2.45, 2.75) is 26.7 Å². The van der Waals surface area contributed by atoms with Crippen LogP contribution in [-0.2, 0) is 9.59 Å². The first-order valence-corrected chi connectivity index (χ1v) is 6.42. The van der Waals surface area contributed by atoms with E-state index in [-0.39, 0.29) is 22.5 Å². The third-order valence-corrected chi connectivity index (χ3v) is 3.02. The average molecular weight is 266 g/mol. The molecule has 98 valence electrons. The van der Waals surface area contributed by atoms with E-state index in [0.29, 0.717) is 6.54 Å². The lowest BCUT2D eigenvalue weighted by molar-refractivity contribution is -0.128. The molecule has 1 aliphatic rings. The maximum absolute atomic E-state index is 12.1. The fourth-order valence-corrected chi connectivity index (χ4v) is 2.08. The lowest BCUT2D eigenvalue weighted by Gasteiger charge is -2.28. The topological polar surface area (TPSA) is 49.4 Å². The number of thiocarbonyl (C=S) groups is 1. The standard InChI is InChI=1S/C13H18N2O2S/c1-4-6-9(3)8-10-11(16)14-13(18)15(7-5-2)12(10)17/h5,8-9H,2,4,6-7H2,1,3H3,(H,14,16,18)/b10-8+. The van der Waals surface area contributed by atoms with Crippen molar-refractivity contribution in [2.24, 2.45) is 5.92 Å². The van der Waals surface area contributed by atoms with E-state index in [4.69, 9.17) is 12.2 Å². The van der Waals surface area contributed by atoms with Gasteiger partial charge in [0.15, 0.2) is 5.11 Å². The molecule has 0 saturated carbocycles. The van der Waals surface area contributed by atoms with Crippen LogP contribution in [0.2, 0.25) is 0 Å². The van der Waals surface area contributed by atoms with Gasteiger partial charge in [-0.3, -0.25) is 19.8 Å². The van der Waals surface area contributed by atoms with Crippen LogP contribution in [0.15, 0.2) is 24.3 Å². The fourth-order valence-electron chi connectivity index (χ4n) is 1.83. The van der Waals surface area contributed by atoms with Gasteiger partial charge in [-0.05, 0) is 24.6 Å². The van der Waals surface area contributed by atoms with Gasteiger partial charge < -0.3 is 0 Å². The van der Waals surface area contributed by atoms with Gasteiger partial charge >= 0.3 is 0 Å². The minimum atomic E-state index is -0.409. The van der Waals surface area contributed by atoms with E-state index in [1.807, 2.05) is 6.92 Å². The molecular weight excluding hydrogens is 248 g/mol. The summed E-state index contributed by atoms with van der Waals surface area (Å²) in [5, 5.41) is 2.67. The molecule has 0 aromatic rings. The van der Waals surface area contributed by atoms with Crippen LogP contribution in [0.25, 0.3) is 0 Å². The normalized spacial score (nSPS) is 20.0. The van der Waals surface area contributed by atoms with Crippen LogP contribution < -0.4 is 5.32 Å². The van der Waals surface area contributed by atoms with Gasteiger partial charge in [-0.15, -0.1) is 6.58 Å². The quantitative estimate of drug-likeness (QED) is 0.357. The summed E-state index contributed by atoms with van der Waals surface area (Å²) in [6, 6.07) is 0. The molecule has 0 radical (unpaired) electrons. The molecule has 1 aliphatic heterocycles. The van der Waals surface area contributed by atoms with Crippen molar-refractivity contribution in [1.82, 2.24) is 10.2 Å². The molecule has 0 bridgehead atoms. The second-order valence-electron chi connectivity index (χ2n) is 4.31. The number of carbonyl (C=O) groups excluding carboxylic acids is 2. The van der Waals surface area contributed by atoms with Crippen LogP contribution in [-0.4, -0.2) is 28.4 Å². The van der Waals surface area contributed by atoms with Crippen LogP contribution in [0, 0.1) is 5.92 Å². The number of nitrogens with zero attached hydrogens (tertiary/aromatic N) is 1. The van der Waals surface area contributed by atoms with Crippen molar-refractivity contribution in [1.29, 1.82) is 0 Å². The summed E-state index contributed by atoms with van der Waals surface area (Å²) >= 11 is 4.96. The zero-order valence-electron chi connectivity index (χ0n) is 10.7. The van der Waals surface area contributed by atoms with E-state index in [0.717, 1.165) is 12.8 Å². The van der Waals surface area contributed by atoms with Gasteiger partial charge in [-0.1, -0.05) is 32.4 Å². The lowest BCUT2D eigenvalue weighted by Crippen LogP contribution is -2.54. The Morgan fingerprint density at radius 2 is 2.17 bits per heavy atom. The third-order valence-electron chi connectivity index (χ3n) is 2.69. The number of rotatable bonds is 5. The van der Waals surface area contributed by atoms with E-state index < -0.39 is 5.91 Å². The minimum Gasteiger partial charge on any atom is -0.298 e. The van der Waals surface area contributed by atoms with Crippen LogP contribution in [0.3, 0.4) is 0 Å². The van der Waals surface area contributed by atoms with E-state index in [1.54, 1.807) is 12.2 Å². The molecule has 1 fully saturated rings. The molecule has 18 heavy (non-hydrogen) atoms. The van der Waals surface area contributed by atoms with Crippen LogP contribution in [0.5, 0.6) is 0 Å². The van der Waals surface area contributed by atoms with Crippen molar-refractivity contribution in [3.05, 3.63) is 24.3 Å². The number of carbonyl (C=O) groups is 2. The number of allylic oxidation sites excluding steroid dienone is 1. The lowest BCUT2D eigenvalue weighted by atomic mass is 10.0. The first-order valence-electron chi connectivity index (χ1n) is 6.01. The zero-order chi connectivity index (χ0) is 13.7. The van der Waals surface area contributed by atoms with Crippen LogP contribution in [0.1, 0.15) is 26.7 Å². The number of nitrogens with one attached hydrogen (secondary N) is 1. The summed E-state index contributed by atoms with van der Waals surface area (Å²) in [6.07, 6.45) is 5.25. The predicted octanol–water partition coefficient (Wildman–Crippen LogP) is 1.78. The number of hydrogen-bond donors (Lipinski definition) is 1. The molecule has 1 N–H and O–H groups in total. The van der Waals surface area contributed by atoms with E-state index in [9.17, 15) is 9.59 Å². The molecule has 5 heteroatoms. The maximum Gasteiger partial charge on any atom is 0.265 e. The van der Waals surface area contributed by atoms with Crippen molar-refractivity contribution in [2.75, 3.05) is 6.54 Å². The summed E-state index contributed by atoms with van der Waals surface area (Å²) in [5.74, 6) is -0.558. The Bertz CT molecular complexity index is 415. The van der Waals surface area contributed by atoms with Gasteiger partial charge in [0.2, 0.25) is 0 Å². The Morgan fingerprint density at radius 3 is 2.72 bits per heavy atom. The molecule has 1 rings (SSSR count). The van der Waals surface area contributed by atoms with Gasteiger partial charge in [0.1, 0.15) is 5.57 Å². The van der Waals surface area contributed by atoms with Crippen molar-refractivity contribution in [3.8, 4) is 0 Å². The van der Waals surface area contributed by atoms with Gasteiger partial charge in [-0.2, -0.15) is 0 Å². The molecule has 1 unspecified atom stereocenters. The summed E-state index contributed by atoms with van der Waals surface area (Å²) < 4.78 is 0. The molecule has 1 saturated heterocycles. The van der Waals surface area contributed by atoms with Gasteiger partial charge in [0.25, 0.3) is 11.8 Å². The van der Waals surface area contributed by atoms with Crippen LogP contribution in [0.4, 0.5) is 0 Å². The third kappa shape index (κ3) is 3.26. The Balaban J connectivity index is 2.96. The largest absolute Gasteiger partial charge is 0.298 e. The fraction of sp³-hybridized carbons (Fsp3) is 0.462. The summed E-state index contributed by atoms with van der Waals surface area (Å²) in [4.78, 5) is 25.2. The van der Waals surface area contributed by atoms with E-state index in [1.165, 1.54) is 4.90 Å². The van der Waals surface area contributed by atoms with Crippen molar-refractivity contribution in [3.63, 3.8) is 0 Å². The van der Waals surface area contributed by atoms with E-state index >= 15 is 0 Å². The average Bonchev–Trinajstić information content (AvgIpc) is 2.30. The summed E-state index contributed by atoms with van der Waals surface area (Å²) in [5.41, 5.74) is 0.173. The van der Waals surface area contributed by atoms with Crippen molar-refractivity contribution >= 4 is 29.1 Å². The molecular formula is C13H18N2O2S. The van der Waals surface area contributed by atoms with Crippen molar-refractivity contribution < 1.29 is 9.59 Å². The van der Waals surface area contributed by atoms with Gasteiger partial charge in [0.05, 0.1) is 0 Å². The highest BCUT2D eigenvalue weighted by Crippen LogP contribution is 2.15. The highest BCUT2D eigenvalue weighted by molar-refractivity contribution is 7.80. The second-order valence-corrected chi connectivity index (χ2v) is 4.70. The first kappa shape index (κ1) is 14.6. The molecule has 0 aromatic heterocycles. The highest BCUT2D eigenvalue weighted by Gasteiger charge is 2.32. The molecule has 2 amide bonds. The van der Waals surface area contributed by atoms with E-state index in [2.05, 4.69) is 18.8 Å². The van der Waals surface area contributed by atoms with Gasteiger partial charge in [-0.25, -0.2) is 0 Å². The molecule has 1 atom stereocenters. The summed E-state index contributed by atoms with van der Waals surface area (Å²) in [6.45, 7) is 7.93. The predicted molar refractivity (Wildman–Crippen MR) is 74.8 cm³/mol. The molecule has 0 aliphatic carbocycles. The SMILES string of the molecule is C=CCN1C(=O)/C(=C/C(C)CCC)C(=O)NC1=S. The first-order chi connectivity index (χ1) is 8.51. The molecule has 1 heterocycles. The molecule has 0 spiro atoms. The number of hydrogen-bond acceptors (Lipinski definition) is 3. The maximum atomic E-state index is 12.1. The highest BCUT2D eigenvalue weighted by atomic mass is 32.1. The Kier molecular flexibility index (Phi) is 5.22. The molecule has 0 aromatic carbocycles. The minimum absolute atomic E-state index is 0.144. The monoisotopic (exact) mass is 266 g/mol. The smallest absolute Gasteiger partial charge is 0.265 e. The van der Waals surface area contributed by atoms with Crippen LogP contribution >= 0.6 is 12.2 Å². The molecule has 4 nitrogen and oxygen atoms in total. The Labute approximate surface area is 113 Å².